The van der Waals surface area contributed by atoms with Crippen molar-refractivity contribution in [3.05, 3.63) is 46.3 Å². The summed E-state index contributed by atoms with van der Waals surface area (Å²) in [7, 11) is 0. The van der Waals surface area contributed by atoms with Crippen LogP contribution >= 0.6 is 23.2 Å². The quantitative estimate of drug-likeness (QED) is 0.565. The Kier molecular flexibility index (Phi) is 5.04. The van der Waals surface area contributed by atoms with Crippen LogP contribution in [0.4, 0.5) is 5.82 Å². The van der Waals surface area contributed by atoms with Gasteiger partial charge in [-0.3, -0.25) is 0 Å². The van der Waals surface area contributed by atoms with E-state index in [-0.39, 0.29) is 22.7 Å². The fraction of sp³-hybridized carbons (Fsp3) is 0.368. The molecule has 0 bridgehead atoms. The van der Waals surface area contributed by atoms with Gasteiger partial charge in [0.25, 0.3) is 0 Å². The molecule has 0 spiro atoms. The first-order valence-electron chi connectivity index (χ1n) is 8.46. The Bertz CT molecular complexity index is 933. The van der Waals surface area contributed by atoms with Crippen LogP contribution in [0.5, 0.6) is 5.88 Å². The molecular formula is C19H22Cl2N4O. The topological polar surface area (TPSA) is 63.0 Å². The number of fused-ring (bicyclic) bond motifs is 1. The van der Waals surface area contributed by atoms with Crippen molar-refractivity contribution >= 4 is 39.9 Å². The third-order valence-corrected chi connectivity index (χ3v) is 4.64. The van der Waals surface area contributed by atoms with Gasteiger partial charge in [-0.15, -0.1) is 0 Å². The van der Waals surface area contributed by atoms with Crippen LogP contribution in [0, 0.1) is 0 Å². The van der Waals surface area contributed by atoms with E-state index in [4.69, 9.17) is 23.2 Å². The van der Waals surface area contributed by atoms with Crippen molar-refractivity contribution in [2.75, 3.05) is 5.32 Å². The average molecular weight is 393 g/mol. The molecule has 7 heteroatoms. The van der Waals surface area contributed by atoms with Gasteiger partial charge in [0.2, 0.25) is 11.2 Å². The maximum atomic E-state index is 10.4. The summed E-state index contributed by atoms with van der Waals surface area (Å²) in [5, 5.41) is 15.4. The first-order chi connectivity index (χ1) is 12.2. The summed E-state index contributed by atoms with van der Waals surface area (Å²) in [6.45, 7) is 8.15. The number of halogens is 2. The van der Waals surface area contributed by atoms with Gasteiger partial charge >= 0.3 is 0 Å². The van der Waals surface area contributed by atoms with Crippen LogP contribution in [-0.2, 0) is 6.42 Å². The second-order valence-electron chi connectivity index (χ2n) is 7.37. The van der Waals surface area contributed by atoms with Crippen LogP contribution in [-0.4, -0.2) is 25.2 Å². The lowest BCUT2D eigenvalue weighted by atomic mass is 9.95. The molecule has 0 amide bonds. The molecule has 0 aliphatic carbocycles. The number of aromatic hydroxyl groups is 1. The molecule has 1 aromatic carbocycles. The molecule has 2 heterocycles. The molecule has 2 N–H and O–H groups in total. The molecule has 0 aliphatic rings. The predicted octanol–water partition coefficient (Wildman–Crippen LogP) is 5.46. The predicted molar refractivity (Wildman–Crippen MR) is 107 cm³/mol. The Balaban J connectivity index is 1.96. The minimum Gasteiger partial charge on any atom is -0.493 e. The van der Waals surface area contributed by atoms with Gasteiger partial charge in [-0.05, 0) is 63.4 Å². The number of aromatic nitrogens is 3. The van der Waals surface area contributed by atoms with Crippen LogP contribution in [0.25, 0.3) is 10.9 Å². The number of anilines is 1. The second-order valence-corrected chi connectivity index (χ2v) is 8.14. The summed E-state index contributed by atoms with van der Waals surface area (Å²) >= 11 is 12.1. The lowest BCUT2D eigenvalue weighted by Gasteiger charge is -2.27. The molecule has 0 saturated carbocycles. The van der Waals surface area contributed by atoms with Crippen LogP contribution < -0.4 is 5.32 Å². The minimum absolute atomic E-state index is 0.0952. The number of hydrogen-bond acceptors (Lipinski definition) is 4. The maximum Gasteiger partial charge on any atom is 0.225 e. The fourth-order valence-electron chi connectivity index (χ4n) is 3.02. The van der Waals surface area contributed by atoms with Gasteiger partial charge in [-0.2, -0.15) is 0 Å². The van der Waals surface area contributed by atoms with E-state index in [1.807, 2.05) is 44.3 Å². The van der Waals surface area contributed by atoms with Crippen LogP contribution in [0.2, 0.25) is 10.3 Å². The van der Waals surface area contributed by atoms with Crippen molar-refractivity contribution in [1.82, 2.24) is 14.5 Å². The Labute approximate surface area is 163 Å². The van der Waals surface area contributed by atoms with Crippen molar-refractivity contribution in [2.24, 2.45) is 0 Å². The highest BCUT2D eigenvalue weighted by molar-refractivity contribution is 6.30. The number of nitrogens with zero attached hydrogens (tertiary/aromatic N) is 3. The highest BCUT2D eigenvalue weighted by atomic mass is 35.5. The van der Waals surface area contributed by atoms with Crippen molar-refractivity contribution in [3.8, 4) is 5.88 Å². The summed E-state index contributed by atoms with van der Waals surface area (Å²) in [6, 6.07) is 7.88. The van der Waals surface area contributed by atoms with Gasteiger partial charge in [0.15, 0.2) is 0 Å². The standard InChI is InChI=1S/C19H22Cl2N4O/c1-11(2)25-10-14-15(17(25)26)22-18(21)23-16(14)24-19(3,4)9-12-5-7-13(20)8-6-12/h5-8,10-11,26H,9H2,1-4H3,(H,22,23,24). The molecule has 2 aromatic heterocycles. The van der Waals surface area contributed by atoms with E-state index < -0.39 is 0 Å². The molecule has 0 radical (unpaired) electrons. The summed E-state index contributed by atoms with van der Waals surface area (Å²) in [6.07, 6.45) is 2.62. The minimum atomic E-state index is -0.298. The highest BCUT2D eigenvalue weighted by Gasteiger charge is 2.23. The van der Waals surface area contributed by atoms with Gasteiger partial charge in [0.05, 0.1) is 5.39 Å². The Morgan fingerprint density at radius 1 is 1.15 bits per heavy atom. The van der Waals surface area contributed by atoms with E-state index in [1.165, 1.54) is 0 Å². The molecule has 3 aromatic rings. The van der Waals surface area contributed by atoms with Crippen molar-refractivity contribution in [3.63, 3.8) is 0 Å². The number of rotatable bonds is 5. The highest BCUT2D eigenvalue weighted by Crippen LogP contribution is 2.34. The number of benzene rings is 1. The summed E-state index contributed by atoms with van der Waals surface area (Å²) in [5.41, 5.74) is 1.31. The Hall–Kier alpha value is -1.98. The summed E-state index contributed by atoms with van der Waals surface area (Å²) in [4.78, 5) is 8.55. The summed E-state index contributed by atoms with van der Waals surface area (Å²) in [5.74, 6) is 0.700. The number of nitrogens with one attached hydrogen (secondary N) is 1. The van der Waals surface area contributed by atoms with E-state index in [2.05, 4.69) is 29.1 Å². The van der Waals surface area contributed by atoms with Gasteiger partial charge in [-0.1, -0.05) is 23.7 Å². The van der Waals surface area contributed by atoms with E-state index in [9.17, 15) is 5.11 Å². The summed E-state index contributed by atoms with van der Waals surface area (Å²) < 4.78 is 1.76. The van der Waals surface area contributed by atoms with E-state index in [0.29, 0.717) is 16.4 Å². The molecular weight excluding hydrogens is 371 g/mol. The lowest BCUT2D eigenvalue weighted by Crippen LogP contribution is -2.34. The van der Waals surface area contributed by atoms with E-state index in [1.54, 1.807) is 4.57 Å². The Morgan fingerprint density at radius 2 is 1.81 bits per heavy atom. The number of hydrogen-bond donors (Lipinski definition) is 2. The van der Waals surface area contributed by atoms with Crippen molar-refractivity contribution in [1.29, 1.82) is 0 Å². The molecule has 3 rings (SSSR count). The normalized spacial score (nSPS) is 12.1. The molecule has 0 unspecified atom stereocenters. The van der Waals surface area contributed by atoms with Gasteiger partial charge in [0.1, 0.15) is 11.3 Å². The van der Waals surface area contributed by atoms with E-state index in [0.717, 1.165) is 17.4 Å². The average Bonchev–Trinajstić information content (AvgIpc) is 2.87. The van der Waals surface area contributed by atoms with Gasteiger partial charge in [-0.25, -0.2) is 9.97 Å². The third kappa shape index (κ3) is 3.89. The smallest absolute Gasteiger partial charge is 0.225 e. The SMILES string of the molecule is CC(C)n1cc2c(NC(C)(C)Cc3ccc(Cl)cc3)nc(Cl)nc2c1O. The van der Waals surface area contributed by atoms with Gasteiger partial charge < -0.3 is 15.0 Å². The third-order valence-electron chi connectivity index (χ3n) is 4.22. The lowest BCUT2D eigenvalue weighted by molar-refractivity contribution is 0.404. The van der Waals surface area contributed by atoms with Crippen molar-refractivity contribution in [2.45, 2.75) is 45.7 Å². The van der Waals surface area contributed by atoms with Crippen molar-refractivity contribution < 1.29 is 5.11 Å². The zero-order valence-electron chi connectivity index (χ0n) is 15.2. The molecule has 0 fully saturated rings. The molecule has 26 heavy (non-hydrogen) atoms. The zero-order chi connectivity index (χ0) is 19.1. The molecule has 0 aliphatic heterocycles. The maximum absolute atomic E-state index is 10.4. The molecule has 0 saturated heterocycles. The fourth-order valence-corrected chi connectivity index (χ4v) is 3.32. The Morgan fingerprint density at radius 3 is 2.42 bits per heavy atom. The first-order valence-corrected chi connectivity index (χ1v) is 9.21. The van der Waals surface area contributed by atoms with E-state index >= 15 is 0 Å². The monoisotopic (exact) mass is 392 g/mol. The zero-order valence-corrected chi connectivity index (χ0v) is 16.7. The van der Waals surface area contributed by atoms with Gasteiger partial charge in [0, 0.05) is 22.8 Å². The molecule has 138 valence electrons. The molecule has 0 atom stereocenters. The largest absolute Gasteiger partial charge is 0.493 e. The first kappa shape index (κ1) is 18.8. The second kappa shape index (κ2) is 6.97. The van der Waals surface area contributed by atoms with Crippen LogP contribution in [0.1, 0.15) is 39.3 Å². The van der Waals surface area contributed by atoms with Crippen LogP contribution in [0.15, 0.2) is 30.5 Å². The van der Waals surface area contributed by atoms with Crippen LogP contribution in [0.3, 0.4) is 0 Å². The molecule has 5 nitrogen and oxygen atoms in total.